The normalized spacial score (nSPS) is 11.9. The van der Waals surface area contributed by atoms with Crippen LogP contribution in [0.5, 0.6) is 0 Å². The Morgan fingerprint density at radius 2 is 1.65 bits per heavy atom. The van der Waals surface area contributed by atoms with Crippen LogP contribution in [0, 0.1) is 6.92 Å². The lowest BCUT2D eigenvalue weighted by Gasteiger charge is -2.14. The van der Waals surface area contributed by atoms with Gasteiger partial charge in [0.15, 0.2) is 0 Å². The summed E-state index contributed by atoms with van der Waals surface area (Å²) in [5.74, 6) is -2.54. The van der Waals surface area contributed by atoms with Gasteiger partial charge in [0.2, 0.25) is 5.92 Å². The maximum atomic E-state index is 13.3. The summed E-state index contributed by atoms with van der Waals surface area (Å²) >= 11 is 0. The topological polar surface area (TPSA) is 0 Å². The van der Waals surface area contributed by atoms with Crippen LogP contribution >= 0.6 is 0 Å². The molecule has 0 bridgehead atoms. The first-order chi connectivity index (χ1) is 9.61. The van der Waals surface area contributed by atoms with E-state index in [1.807, 2.05) is 12.1 Å². The van der Waals surface area contributed by atoms with Gasteiger partial charge in [0.05, 0.1) is 0 Å². The molecule has 0 fully saturated rings. The lowest BCUT2D eigenvalue weighted by Crippen LogP contribution is -2.15. The molecule has 0 saturated carbocycles. The Hall–Kier alpha value is -1.44. The van der Waals surface area contributed by atoms with Crippen LogP contribution in [0.4, 0.5) is 8.78 Å². The lowest BCUT2D eigenvalue weighted by atomic mass is 10.0. The molecule has 0 N–H and O–H groups in total. The molecule has 0 spiro atoms. The molecule has 1 radical (unpaired) electrons. The van der Waals surface area contributed by atoms with Crippen molar-refractivity contribution < 1.29 is 8.78 Å². The van der Waals surface area contributed by atoms with E-state index in [-0.39, 0.29) is 12.8 Å². The Bertz CT molecular complexity index is 546. The van der Waals surface area contributed by atoms with E-state index in [0.29, 0.717) is 12.8 Å². The zero-order valence-electron chi connectivity index (χ0n) is 11.7. The van der Waals surface area contributed by atoms with Crippen molar-refractivity contribution in [2.24, 2.45) is 0 Å². The Kier molecular flexibility index (Phi) is 5.11. The number of halogens is 2. The number of hydrogen-bond donors (Lipinski definition) is 0. The largest absolute Gasteiger partial charge is 0.248 e. The third-order valence-corrected chi connectivity index (χ3v) is 3.61. The first kappa shape index (κ1) is 15.0. The third-order valence-electron chi connectivity index (χ3n) is 3.61. The SMILES string of the molecule is [CH2]CCC(F)(F)CCCCc1ccc2ccccc2c1. The van der Waals surface area contributed by atoms with Crippen LogP contribution < -0.4 is 0 Å². The summed E-state index contributed by atoms with van der Waals surface area (Å²) in [6, 6.07) is 14.6. The van der Waals surface area contributed by atoms with Crippen LogP contribution in [-0.2, 0) is 6.42 Å². The molecular weight excluding hydrogens is 254 g/mol. The molecule has 0 unspecified atom stereocenters. The number of unbranched alkanes of at least 4 members (excludes halogenated alkanes) is 1. The molecule has 107 valence electrons. The van der Waals surface area contributed by atoms with Crippen LogP contribution in [0.25, 0.3) is 10.8 Å². The van der Waals surface area contributed by atoms with E-state index in [1.165, 1.54) is 16.3 Å². The summed E-state index contributed by atoms with van der Waals surface area (Å²) in [7, 11) is 0. The molecule has 0 aromatic heterocycles. The highest BCUT2D eigenvalue weighted by molar-refractivity contribution is 5.82. The average Bonchev–Trinajstić information content (AvgIpc) is 2.43. The number of aryl methyl sites for hydroxylation is 1. The van der Waals surface area contributed by atoms with Crippen molar-refractivity contribution in [1.82, 2.24) is 0 Å². The van der Waals surface area contributed by atoms with Crippen molar-refractivity contribution in [3.8, 4) is 0 Å². The number of hydrogen-bond acceptors (Lipinski definition) is 0. The fraction of sp³-hybridized carbons (Fsp3) is 0.389. The average molecular weight is 275 g/mol. The molecule has 0 aliphatic heterocycles. The summed E-state index contributed by atoms with van der Waals surface area (Å²) in [4.78, 5) is 0. The van der Waals surface area contributed by atoms with Gasteiger partial charge in [-0.25, -0.2) is 8.78 Å². The first-order valence-electron chi connectivity index (χ1n) is 7.25. The molecule has 0 aliphatic rings. The van der Waals surface area contributed by atoms with E-state index >= 15 is 0 Å². The molecule has 2 rings (SSSR count). The summed E-state index contributed by atoms with van der Waals surface area (Å²) in [5, 5.41) is 2.44. The highest BCUT2D eigenvalue weighted by Crippen LogP contribution is 2.27. The van der Waals surface area contributed by atoms with Gasteiger partial charge in [0.25, 0.3) is 0 Å². The quantitative estimate of drug-likeness (QED) is 0.560. The maximum Gasteiger partial charge on any atom is 0.248 e. The van der Waals surface area contributed by atoms with Crippen molar-refractivity contribution >= 4 is 10.8 Å². The van der Waals surface area contributed by atoms with Gasteiger partial charge in [0.1, 0.15) is 0 Å². The molecule has 2 heteroatoms. The van der Waals surface area contributed by atoms with Gasteiger partial charge in [-0.1, -0.05) is 49.4 Å². The Labute approximate surface area is 119 Å². The van der Waals surface area contributed by atoms with E-state index in [1.54, 1.807) is 0 Å². The van der Waals surface area contributed by atoms with Crippen molar-refractivity contribution in [2.45, 2.75) is 44.4 Å². The van der Waals surface area contributed by atoms with E-state index in [4.69, 9.17) is 0 Å². The fourth-order valence-corrected chi connectivity index (χ4v) is 2.49. The second-order valence-electron chi connectivity index (χ2n) is 5.35. The molecule has 20 heavy (non-hydrogen) atoms. The zero-order valence-corrected chi connectivity index (χ0v) is 11.7. The predicted octanol–water partition coefficient (Wildman–Crippen LogP) is 5.80. The highest BCUT2D eigenvalue weighted by Gasteiger charge is 2.26. The molecule has 0 heterocycles. The number of fused-ring (bicyclic) bond motifs is 1. The van der Waals surface area contributed by atoms with Crippen LogP contribution in [0.1, 0.15) is 37.7 Å². The van der Waals surface area contributed by atoms with Crippen LogP contribution in [0.3, 0.4) is 0 Å². The van der Waals surface area contributed by atoms with Gasteiger partial charge in [-0.05, 0) is 42.0 Å². The summed E-state index contributed by atoms with van der Waals surface area (Å²) in [6.45, 7) is 3.50. The van der Waals surface area contributed by atoms with Gasteiger partial charge in [0, 0.05) is 12.8 Å². The van der Waals surface area contributed by atoms with Gasteiger partial charge >= 0.3 is 0 Å². The zero-order chi connectivity index (χ0) is 14.4. The minimum absolute atomic E-state index is 0.0178. The van der Waals surface area contributed by atoms with E-state index in [9.17, 15) is 8.78 Å². The smallest absolute Gasteiger partial charge is 0.207 e. The first-order valence-corrected chi connectivity index (χ1v) is 7.25. The highest BCUT2D eigenvalue weighted by atomic mass is 19.3. The minimum Gasteiger partial charge on any atom is -0.207 e. The lowest BCUT2D eigenvalue weighted by molar-refractivity contribution is -0.0174. The summed E-state index contributed by atoms with van der Waals surface area (Å²) < 4.78 is 26.6. The van der Waals surface area contributed by atoms with Gasteiger partial charge < -0.3 is 0 Å². The molecule has 2 aromatic rings. The maximum absolute atomic E-state index is 13.3. The fourth-order valence-electron chi connectivity index (χ4n) is 2.49. The van der Waals surface area contributed by atoms with Crippen molar-refractivity contribution in [3.05, 3.63) is 55.0 Å². The molecule has 0 amide bonds. The van der Waals surface area contributed by atoms with Crippen LogP contribution in [0.15, 0.2) is 42.5 Å². The second kappa shape index (κ2) is 6.83. The van der Waals surface area contributed by atoms with E-state index in [0.717, 1.165) is 12.8 Å². The molecule has 0 nitrogen and oxygen atoms in total. The van der Waals surface area contributed by atoms with Gasteiger partial charge in [-0.3, -0.25) is 0 Å². The van der Waals surface area contributed by atoms with Gasteiger partial charge in [-0.2, -0.15) is 0 Å². The number of benzene rings is 2. The molecule has 0 atom stereocenters. The van der Waals surface area contributed by atoms with Crippen molar-refractivity contribution in [2.75, 3.05) is 0 Å². The summed E-state index contributed by atoms with van der Waals surface area (Å²) in [6.07, 6.45) is 2.44. The van der Waals surface area contributed by atoms with E-state index in [2.05, 4.69) is 37.3 Å². The number of rotatable bonds is 7. The summed E-state index contributed by atoms with van der Waals surface area (Å²) in [5.41, 5.74) is 1.23. The Morgan fingerprint density at radius 3 is 2.40 bits per heavy atom. The number of alkyl halides is 2. The predicted molar refractivity (Wildman–Crippen MR) is 81.0 cm³/mol. The van der Waals surface area contributed by atoms with Crippen molar-refractivity contribution in [1.29, 1.82) is 0 Å². The standard InChI is InChI=1S/C18H21F2/c1-2-12-18(19,20)13-6-5-7-15-10-11-16-8-3-4-9-17(16)14-15/h3-4,8-11,14H,1-2,5-7,12-13H2. The van der Waals surface area contributed by atoms with E-state index < -0.39 is 5.92 Å². The molecule has 2 aromatic carbocycles. The van der Waals surface area contributed by atoms with Crippen LogP contribution in [-0.4, -0.2) is 5.92 Å². The monoisotopic (exact) mass is 275 g/mol. The Balaban J connectivity index is 1.84. The molecule has 0 aliphatic carbocycles. The van der Waals surface area contributed by atoms with Crippen molar-refractivity contribution in [3.63, 3.8) is 0 Å². The molecular formula is C18H21F2. The van der Waals surface area contributed by atoms with Crippen LogP contribution in [0.2, 0.25) is 0 Å². The second-order valence-corrected chi connectivity index (χ2v) is 5.35. The third kappa shape index (κ3) is 4.29. The Morgan fingerprint density at radius 1 is 0.900 bits per heavy atom. The minimum atomic E-state index is -2.54. The molecule has 0 saturated heterocycles. The van der Waals surface area contributed by atoms with Gasteiger partial charge in [-0.15, -0.1) is 0 Å².